The Kier molecular flexibility index (Phi) is 9.86. The summed E-state index contributed by atoms with van der Waals surface area (Å²) < 4.78 is 3.73. The van der Waals surface area contributed by atoms with Gasteiger partial charge < -0.3 is 17.1 Å². The zero-order valence-corrected chi connectivity index (χ0v) is 6.83. The first kappa shape index (κ1) is 10.5. The van der Waals surface area contributed by atoms with E-state index in [9.17, 15) is 4.79 Å². The Bertz CT molecular complexity index is 73.3. The molecule has 0 aromatic carbocycles. The van der Waals surface area contributed by atoms with Crippen molar-refractivity contribution in [3.8, 4) is 0 Å². The Hall–Kier alpha value is 0.560. The molecule has 34 valence electrons. The fraction of sp³-hybridized carbons (Fsp3) is 0. The minimum absolute atomic E-state index is 0. The van der Waals surface area contributed by atoms with E-state index >= 15 is 0 Å². The molecule has 0 bridgehead atoms. The van der Waals surface area contributed by atoms with Crippen LogP contribution in [0.1, 0.15) is 0 Å². The van der Waals surface area contributed by atoms with Crippen LogP contribution in [0.25, 0.3) is 0 Å². The normalized spacial score (nSPS) is 5.86. The standard InChI is InChI=1S/C3H4O2S.Na/c1-2-3(4)5-6;/h2,6H,1H2;/q;+1/p-1. The summed E-state index contributed by atoms with van der Waals surface area (Å²) in [5.41, 5.74) is 0. The van der Waals surface area contributed by atoms with Crippen molar-refractivity contribution in [1.82, 2.24) is 0 Å². The van der Waals surface area contributed by atoms with Crippen LogP contribution in [0.4, 0.5) is 0 Å². The van der Waals surface area contributed by atoms with Gasteiger partial charge in [-0.3, -0.25) is 0 Å². The van der Waals surface area contributed by atoms with E-state index in [-0.39, 0.29) is 29.6 Å². The number of hydrogen-bond donors (Lipinski definition) is 0. The summed E-state index contributed by atoms with van der Waals surface area (Å²) in [4.78, 5) is 9.74. The zero-order chi connectivity index (χ0) is 4.99. The average Bonchev–Trinajstić information content (AvgIpc) is 1.65. The van der Waals surface area contributed by atoms with Crippen molar-refractivity contribution in [2.24, 2.45) is 0 Å². The van der Waals surface area contributed by atoms with Crippen molar-refractivity contribution < 1.29 is 38.5 Å². The Labute approximate surface area is 69.8 Å². The molecule has 0 spiro atoms. The van der Waals surface area contributed by atoms with Crippen LogP contribution < -0.4 is 29.6 Å². The predicted octanol–water partition coefficient (Wildman–Crippen LogP) is -2.82. The van der Waals surface area contributed by atoms with Crippen LogP contribution >= 0.6 is 0 Å². The Morgan fingerprint density at radius 2 is 2.29 bits per heavy atom. The molecule has 0 atom stereocenters. The SMILES string of the molecule is C=CC(=O)O[S-].[Na+]. The molecule has 4 heteroatoms. The van der Waals surface area contributed by atoms with E-state index in [1.807, 2.05) is 0 Å². The summed E-state index contributed by atoms with van der Waals surface area (Å²) in [5, 5.41) is 0. The summed E-state index contributed by atoms with van der Waals surface area (Å²) in [6.45, 7) is 3.09. The van der Waals surface area contributed by atoms with Gasteiger partial charge in [0.2, 0.25) is 0 Å². The van der Waals surface area contributed by atoms with E-state index in [2.05, 4.69) is 23.7 Å². The zero-order valence-electron chi connectivity index (χ0n) is 4.01. The van der Waals surface area contributed by atoms with E-state index in [1.54, 1.807) is 0 Å². The van der Waals surface area contributed by atoms with Gasteiger partial charge in [0, 0.05) is 6.08 Å². The topological polar surface area (TPSA) is 26.3 Å². The molecule has 7 heavy (non-hydrogen) atoms. The minimum Gasteiger partial charge on any atom is -0.612 e. The fourth-order valence-corrected chi connectivity index (χ4v) is 0.102. The van der Waals surface area contributed by atoms with E-state index in [4.69, 9.17) is 0 Å². The second kappa shape index (κ2) is 6.56. The number of rotatable bonds is 1. The van der Waals surface area contributed by atoms with Crippen LogP contribution in [-0.4, -0.2) is 5.97 Å². The Morgan fingerprint density at radius 1 is 1.86 bits per heavy atom. The summed E-state index contributed by atoms with van der Waals surface area (Å²) in [5.74, 6) is -0.579. The molecule has 0 rings (SSSR count). The van der Waals surface area contributed by atoms with Gasteiger partial charge in [0.1, 0.15) is 0 Å². The molecule has 0 aromatic heterocycles. The summed E-state index contributed by atoms with van der Waals surface area (Å²) in [6, 6.07) is 0. The third-order valence-electron chi connectivity index (χ3n) is 0.249. The molecule has 2 nitrogen and oxygen atoms in total. The van der Waals surface area contributed by atoms with Crippen molar-refractivity contribution >= 4 is 18.9 Å². The fourth-order valence-electron chi connectivity index (χ4n) is 0.0340. The molecule has 0 saturated carbocycles. The van der Waals surface area contributed by atoms with Crippen molar-refractivity contribution in [1.29, 1.82) is 0 Å². The summed E-state index contributed by atoms with van der Waals surface area (Å²) in [7, 11) is 0. The molecule has 0 aliphatic carbocycles. The molecular weight excluding hydrogens is 123 g/mol. The first-order valence-corrected chi connectivity index (χ1v) is 1.61. The minimum atomic E-state index is -0.579. The van der Waals surface area contributed by atoms with Crippen LogP contribution in [0.3, 0.4) is 0 Å². The molecule has 0 heterocycles. The van der Waals surface area contributed by atoms with Crippen LogP contribution in [0.2, 0.25) is 0 Å². The van der Waals surface area contributed by atoms with Crippen molar-refractivity contribution in [2.75, 3.05) is 0 Å². The third-order valence-corrected chi connectivity index (χ3v) is 0.413. The third kappa shape index (κ3) is 6.56. The van der Waals surface area contributed by atoms with E-state index in [0.717, 1.165) is 6.08 Å². The van der Waals surface area contributed by atoms with Crippen molar-refractivity contribution in [3.05, 3.63) is 12.7 Å². The summed E-state index contributed by atoms with van der Waals surface area (Å²) >= 11 is 3.85. The van der Waals surface area contributed by atoms with Gasteiger partial charge in [-0.2, -0.15) is 0 Å². The Balaban J connectivity index is 0. The number of carbonyl (C=O) groups excluding carboxylic acids is 1. The number of hydrogen-bond acceptors (Lipinski definition) is 3. The largest absolute Gasteiger partial charge is 1.00 e. The van der Waals surface area contributed by atoms with Gasteiger partial charge in [-0.1, -0.05) is 6.58 Å². The predicted molar refractivity (Wildman–Crippen MR) is 23.7 cm³/mol. The van der Waals surface area contributed by atoms with Gasteiger partial charge in [-0.05, 0) is 0 Å². The first-order chi connectivity index (χ1) is 2.81. The van der Waals surface area contributed by atoms with Crippen molar-refractivity contribution in [3.63, 3.8) is 0 Å². The Morgan fingerprint density at radius 3 is 2.29 bits per heavy atom. The monoisotopic (exact) mass is 126 g/mol. The number of carbonyl (C=O) groups is 1. The van der Waals surface area contributed by atoms with Crippen LogP contribution in [0, 0.1) is 0 Å². The summed E-state index contributed by atoms with van der Waals surface area (Å²) in [6.07, 6.45) is 1.01. The quantitative estimate of drug-likeness (QED) is 0.215. The van der Waals surface area contributed by atoms with Crippen LogP contribution in [-0.2, 0) is 21.9 Å². The van der Waals surface area contributed by atoms with E-state index < -0.39 is 5.97 Å². The van der Waals surface area contributed by atoms with Gasteiger partial charge in [0.05, 0.1) is 0 Å². The van der Waals surface area contributed by atoms with Gasteiger partial charge in [-0.25, -0.2) is 4.79 Å². The van der Waals surface area contributed by atoms with Gasteiger partial charge in [0.25, 0.3) is 0 Å². The molecule has 0 radical (unpaired) electrons. The van der Waals surface area contributed by atoms with E-state index in [0.29, 0.717) is 0 Å². The van der Waals surface area contributed by atoms with Gasteiger partial charge >= 0.3 is 35.5 Å². The molecule has 0 fully saturated rings. The van der Waals surface area contributed by atoms with Crippen molar-refractivity contribution in [2.45, 2.75) is 0 Å². The molecule has 0 amide bonds. The molecule has 0 N–H and O–H groups in total. The van der Waals surface area contributed by atoms with Gasteiger partial charge in [0.15, 0.2) is 0 Å². The van der Waals surface area contributed by atoms with E-state index in [1.165, 1.54) is 0 Å². The molecule has 0 saturated heterocycles. The molecule has 0 aliphatic heterocycles. The van der Waals surface area contributed by atoms with Crippen LogP contribution in [0.15, 0.2) is 12.7 Å². The first-order valence-electron chi connectivity index (χ1n) is 1.27. The van der Waals surface area contributed by atoms with Crippen LogP contribution in [0.5, 0.6) is 0 Å². The molecule has 0 aliphatic rings. The smallest absolute Gasteiger partial charge is 0.612 e. The second-order valence-corrected chi connectivity index (χ2v) is 0.773. The molecule has 0 aromatic rings. The maximum atomic E-state index is 9.74. The average molecular weight is 126 g/mol. The second-order valence-electron chi connectivity index (χ2n) is 0.606. The van der Waals surface area contributed by atoms with Gasteiger partial charge in [-0.15, -0.1) is 0 Å². The molecular formula is C3H3NaO2S. The maximum absolute atomic E-state index is 9.74. The molecule has 0 unspecified atom stereocenters. The maximum Gasteiger partial charge on any atom is 1.00 e.